The molecule has 3 fully saturated rings. The Hall–Kier alpha value is -2.44. The summed E-state index contributed by atoms with van der Waals surface area (Å²) in [6, 6.07) is 3.87. The molecule has 12 heteroatoms. The highest BCUT2D eigenvalue weighted by molar-refractivity contribution is 7.89. The van der Waals surface area contributed by atoms with Crippen molar-refractivity contribution in [1.82, 2.24) is 24.5 Å². The third kappa shape index (κ3) is 4.71. The van der Waals surface area contributed by atoms with Crippen LogP contribution in [0.15, 0.2) is 12.1 Å². The zero-order valence-corrected chi connectivity index (χ0v) is 20.7. The van der Waals surface area contributed by atoms with Gasteiger partial charge in [0.05, 0.1) is 19.0 Å². The van der Waals surface area contributed by atoms with Crippen LogP contribution in [0.2, 0.25) is 0 Å². The van der Waals surface area contributed by atoms with E-state index < -0.39 is 10.0 Å². The summed E-state index contributed by atoms with van der Waals surface area (Å²) in [5.41, 5.74) is 0.942. The third-order valence-electron chi connectivity index (χ3n) is 6.98. The number of nitrogens with one attached hydrogen (secondary N) is 2. The predicted octanol–water partition coefficient (Wildman–Crippen LogP) is 2.20. The number of aromatic nitrogens is 4. The molecule has 2 bridgehead atoms. The molecule has 2 aromatic rings. The lowest BCUT2D eigenvalue weighted by Crippen LogP contribution is -2.58. The summed E-state index contributed by atoms with van der Waals surface area (Å²) in [5.74, 6) is 2.42. The van der Waals surface area contributed by atoms with Crippen molar-refractivity contribution >= 4 is 27.6 Å². The van der Waals surface area contributed by atoms with Crippen LogP contribution in [0.1, 0.15) is 44.7 Å². The van der Waals surface area contributed by atoms with E-state index in [-0.39, 0.29) is 30.0 Å². The molecule has 2 aromatic heterocycles. The van der Waals surface area contributed by atoms with Crippen LogP contribution < -0.4 is 15.0 Å². The van der Waals surface area contributed by atoms with E-state index in [1.165, 1.54) is 0 Å². The van der Waals surface area contributed by atoms with Crippen LogP contribution in [-0.2, 0) is 14.8 Å². The summed E-state index contributed by atoms with van der Waals surface area (Å²) in [7, 11) is -1.23. The highest BCUT2D eigenvalue weighted by Gasteiger charge is 2.45. The Bertz CT molecular complexity index is 1110. The molecule has 0 saturated carbocycles. The molecular weight excluding hydrogens is 458 g/mol. The van der Waals surface area contributed by atoms with Gasteiger partial charge in [-0.2, -0.15) is 19.4 Å². The zero-order chi connectivity index (χ0) is 23.9. The zero-order valence-electron chi connectivity index (χ0n) is 19.9. The molecule has 5 heterocycles. The number of sulfonamides is 1. The van der Waals surface area contributed by atoms with Gasteiger partial charge in [-0.1, -0.05) is 6.42 Å². The van der Waals surface area contributed by atoms with Crippen molar-refractivity contribution in [3.63, 3.8) is 0 Å². The van der Waals surface area contributed by atoms with E-state index in [0.29, 0.717) is 36.7 Å². The lowest BCUT2D eigenvalue weighted by atomic mass is 9.83. The Balaban J connectivity index is 1.39. The van der Waals surface area contributed by atoms with Crippen molar-refractivity contribution in [1.29, 1.82) is 0 Å². The van der Waals surface area contributed by atoms with Crippen molar-refractivity contribution in [3.05, 3.63) is 17.8 Å². The molecule has 0 unspecified atom stereocenters. The minimum absolute atomic E-state index is 0.0182. The molecule has 11 nitrogen and oxygen atoms in total. The van der Waals surface area contributed by atoms with E-state index in [4.69, 9.17) is 19.4 Å². The first-order chi connectivity index (χ1) is 16.3. The number of piperidine rings is 2. The van der Waals surface area contributed by atoms with Gasteiger partial charge in [-0.25, -0.2) is 8.42 Å². The number of fused-ring (bicyclic) bond motifs is 2. The van der Waals surface area contributed by atoms with E-state index in [1.54, 1.807) is 17.3 Å². The number of aromatic amines is 1. The maximum atomic E-state index is 12.8. The number of anilines is 3. The summed E-state index contributed by atoms with van der Waals surface area (Å²) in [4.78, 5) is 11.5. The largest absolute Gasteiger partial charge is 0.469 e. The Morgan fingerprint density at radius 2 is 1.94 bits per heavy atom. The third-order valence-corrected chi connectivity index (χ3v) is 8.95. The minimum Gasteiger partial charge on any atom is -0.469 e. The van der Waals surface area contributed by atoms with Crippen molar-refractivity contribution in [2.75, 3.05) is 36.2 Å². The molecular formula is C22H33N7O4S. The van der Waals surface area contributed by atoms with Crippen molar-refractivity contribution in [2.45, 2.75) is 70.2 Å². The average molecular weight is 492 g/mol. The topological polar surface area (TPSA) is 126 Å². The van der Waals surface area contributed by atoms with Gasteiger partial charge in [0.1, 0.15) is 11.9 Å². The number of ether oxygens (including phenoxy) is 2. The predicted molar refractivity (Wildman–Crippen MR) is 128 cm³/mol. The Kier molecular flexibility index (Phi) is 6.38. The SMILES string of the molecule is CCS(=O)(=O)N1[C@@H]2CCC[C@H]1C[C@H](N(C)c1nc(Nc3cc(C)[nH]n3)cc(OC3COC3)n1)C2. The Morgan fingerprint density at radius 3 is 2.53 bits per heavy atom. The van der Waals surface area contributed by atoms with Gasteiger partial charge in [0.25, 0.3) is 0 Å². The van der Waals surface area contributed by atoms with Gasteiger partial charge in [0, 0.05) is 43.0 Å². The van der Waals surface area contributed by atoms with Gasteiger partial charge in [0.15, 0.2) is 5.82 Å². The molecule has 3 aliphatic rings. The summed E-state index contributed by atoms with van der Waals surface area (Å²) >= 11 is 0. The van der Waals surface area contributed by atoms with Crippen LogP contribution in [-0.4, -0.2) is 83.1 Å². The molecule has 0 amide bonds. The van der Waals surface area contributed by atoms with E-state index in [1.807, 2.05) is 20.0 Å². The first kappa shape index (κ1) is 23.3. The second kappa shape index (κ2) is 9.31. The van der Waals surface area contributed by atoms with E-state index in [9.17, 15) is 8.42 Å². The van der Waals surface area contributed by atoms with Crippen LogP contribution in [0.25, 0.3) is 0 Å². The van der Waals surface area contributed by atoms with Gasteiger partial charge in [-0.15, -0.1) is 0 Å². The summed E-state index contributed by atoms with van der Waals surface area (Å²) < 4.78 is 38.6. The lowest BCUT2D eigenvalue weighted by Gasteiger charge is -2.49. The number of hydrogen-bond donors (Lipinski definition) is 2. The van der Waals surface area contributed by atoms with Gasteiger partial charge in [-0.05, 0) is 39.5 Å². The van der Waals surface area contributed by atoms with Gasteiger partial charge < -0.3 is 19.7 Å². The van der Waals surface area contributed by atoms with Gasteiger partial charge >= 0.3 is 0 Å². The maximum absolute atomic E-state index is 12.8. The fourth-order valence-corrected chi connectivity index (χ4v) is 6.74. The molecule has 0 aliphatic carbocycles. The Morgan fingerprint density at radius 1 is 1.21 bits per heavy atom. The number of aryl methyl sites for hydroxylation is 1. The molecule has 0 spiro atoms. The maximum Gasteiger partial charge on any atom is 0.230 e. The molecule has 0 radical (unpaired) electrons. The number of nitrogens with zero attached hydrogens (tertiary/aromatic N) is 5. The molecule has 5 rings (SSSR count). The molecule has 186 valence electrons. The Labute approximate surface area is 200 Å². The lowest BCUT2D eigenvalue weighted by molar-refractivity contribution is -0.0813. The summed E-state index contributed by atoms with van der Waals surface area (Å²) in [6.45, 7) is 4.75. The van der Waals surface area contributed by atoms with Crippen molar-refractivity contribution in [3.8, 4) is 5.88 Å². The minimum atomic E-state index is -3.22. The molecule has 3 atom stereocenters. The van der Waals surface area contributed by atoms with Crippen LogP contribution in [0.4, 0.5) is 17.6 Å². The average Bonchev–Trinajstić information content (AvgIpc) is 3.19. The number of rotatable bonds is 8. The van der Waals surface area contributed by atoms with Crippen LogP contribution in [0, 0.1) is 6.92 Å². The first-order valence-corrected chi connectivity index (χ1v) is 13.6. The van der Waals surface area contributed by atoms with Gasteiger partial charge in [0.2, 0.25) is 21.9 Å². The first-order valence-electron chi connectivity index (χ1n) is 12.0. The highest BCUT2D eigenvalue weighted by atomic mass is 32.2. The van der Waals surface area contributed by atoms with E-state index >= 15 is 0 Å². The van der Waals surface area contributed by atoms with Crippen molar-refractivity contribution < 1.29 is 17.9 Å². The second-order valence-electron chi connectivity index (χ2n) is 9.44. The fraction of sp³-hybridized carbons (Fsp3) is 0.682. The molecule has 3 aliphatic heterocycles. The molecule has 34 heavy (non-hydrogen) atoms. The van der Waals surface area contributed by atoms with E-state index in [0.717, 1.165) is 37.8 Å². The molecule has 2 N–H and O–H groups in total. The van der Waals surface area contributed by atoms with Gasteiger partial charge in [-0.3, -0.25) is 5.10 Å². The summed E-state index contributed by atoms with van der Waals surface area (Å²) in [5, 5.41) is 10.4. The van der Waals surface area contributed by atoms with Crippen molar-refractivity contribution in [2.24, 2.45) is 0 Å². The second-order valence-corrected chi connectivity index (χ2v) is 11.6. The smallest absolute Gasteiger partial charge is 0.230 e. The van der Waals surface area contributed by atoms with Crippen LogP contribution in [0.5, 0.6) is 5.88 Å². The number of hydrogen-bond acceptors (Lipinski definition) is 9. The summed E-state index contributed by atoms with van der Waals surface area (Å²) in [6.07, 6.45) is 4.38. The normalized spacial score (nSPS) is 25.6. The standard InChI is InChI=1S/C22H33N7O4S/c1-4-34(30,31)29-15-6-5-7-16(29)10-17(9-15)28(3)22-24-19(23-20-8-14(2)26-27-20)11-21(25-22)33-18-12-32-13-18/h8,11,15-18H,4-7,9-10,12-13H2,1-3H3,(H2,23,24,25,26,27)/t15-,16+,17-. The monoisotopic (exact) mass is 491 g/mol. The highest BCUT2D eigenvalue weighted by Crippen LogP contribution is 2.38. The van der Waals surface area contributed by atoms with Crippen LogP contribution >= 0.6 is 0 Å². The fourth-order valence-electron chi connectivity index (χ4n) is 5.15. The molecule has 3 saturated heterocycles. The van der Waals surface area contributed by atoms with Crippen LogP contribution in [0.3, 0.4) is 0 Å². The molecule has 0 aromatic carbocycles. The quantitative estimate of drug-likeness (QED) is 0.571. The van der Waals surface area contributed by atoms with E-state index in [2.05, 4.69) is 20.4 Å². The number of H-pyrrole nitrogens is 1.